The highest BCUT2D eigenvalue weighted by Crippen LogP contribution is 2.16. The number of nitrogens with one attached hydrogen (secondary N) is 1. The normalized spacial score (nSPS) is 15.2. The van der Waals surface area contributed by atoms with Crippen LogP contribution in [0.4, 0.5) is 5.69 Å². The molecule has 0 aliphatic heterocycles. The summed E-state index contributed by atoms with van der Waals surface area (Å²) in [5.74, 6) is 0. The van der Waals surface area contributed by atoms with E-state index in [0.717, 1.165) is 0 Å². The molecule has 1 aromatic rings. The summed E-state index contributed by atoms with van der Waals surface area (Å²) in [6.45, 7) is 2.07. The van der Waals surface area contributed by atoms with Crippen LogP contribution in [0.5, 0.6) is 0 Å². The SMILES string of the molecule is CC(CCNS(=O)(=O)c1ccccc1N)S(C)=O. The Kier molecular flexibility index (Phi) is 5.30. The van der Waals surface area contributed by atoms with Gasteiger partial charge in [-0.3, -0.25) is 4.21 Å². The number of hydrogen-bond donors (Lipinski definition) is 2. The van der Waals surface area contributed by atoms with Crippen LogP contribution in [0.1, 0.15) is 13.3 Å². The Labute approximate surface area is 110 Å². The molecule has 0 saturated heterocycles. The van der Waals surface area contributed by atoms with Crippen LogP contribution in [-0.4, -0.2) is 30.7 Å². The summed E-state index contributed by atoms with van der Waals surface area (Å²) in [7, 11) is -4.53. The lowest BCUT2D eigenvalue weighted by Gasteiger charge is -2.11. The van der Waals surface area contributed by atoms with Crippen LogP contribution >= 0.6 is 0 Å². The Bertz CT molecular complexity index is 529. The topological polar surface area (TPSA) is 89.3 Å². The van der Waals surface area contributed by atoms with E-state index in [-0.39, 0.29) is 22.4 Å². The molecule has 0 radical (unpaired) electrons. The average molecular weight is 290 g/mol. The van der Waals surface area contributed by atoms with Crippen molar-refractivity contribution in [2.24, 2.45) is 0 Å². The number of anilines is 1. The number of rotatable bonds is 6. The molecular formula is C11H18N2O3S2. The van der Waals surface area contributed by atoms with E-state index in [1.54, 1.807) is 18.4 Å². The standard InChI is InChI=1S/C11H18N2O3S2/c1-9(17(2)14)7-8-13-18(15,16)11-6-4-3-5-10(11)12/h3-6,9,13H,7-8,12H2,1-2H3. The van der Waals surface area contributed by atoms with Crippen molar-refractivity contribution in [3.05, 3.63) is 24.3 Å². The fourth-order valence-electron chi connectivity index (χ4n) is 1.37. The predicted octanol–water partition coefficient (Wildman–Crippen LogP) is 0.704. The van der Waals surface area contributed by atoms with Crippen LogP contribution in [0.3, 0.4) is 0 Å². The van der Waals surface area contributed by atoms with Gasteiger partial charge in [0.25, 0.3) is 0 Å². The molecule has 0 saturated carbocycles. The van der Waals surface area contributed by atoms with Crippen molar-refractivity contribution in [3.8, 4) is 0 Å². The van der Waals surface area contributed by atoms with E-state index < -0.39 is 20.8 Å². The van der Waals surface area contributed by atoms with Crippen molar-refractivity contribution >= 4 is 26.5 Å². The minimum atomic E-state index is -3.59. The fourth-order valence-corrected chi connectivity index (χ4v) is 2.99. The van der Waals surface area contributed by atoms with Crippen LogP contribution in [0.15, 0.2) is 29.2 Å². The zero-order valence-corrected chi connectivity index (χ0v) is 12.1. The smallest absolute Gasteiger partial charge is 0.242 e. The molecule has 7 heteroatoms. The van der Waals surface area contributed by atoms with E-state index >= 15 is 0 Å². The molecule has 0 amide bonds. The Balaban J connectivity index is 2.67. The maximum atomic E-state index is 11.9. The molecule has 0 aliphatic rings. The van der Waals surface area contributed by atoms with Gasteiger partial charge < -0.3 is 5.73 Å². The summed E-state index contributed by atoms with van der Waals surface area (Å²) < 4.78 is 37.5. The summed E-state index contributed by atoms with van der Waals surface area (Å²) >= 11 is 0. The third-order valence-electron chi connectivity index (χ3n) is 2.62. The molecule has 0 aliphatic carbocycles. The van der Waals surface area contributed by atoms with E-state index in [2.05, 4.69) is 4.72 Å². The first-order valence-electron chi connectivity index (χ1n) is 5.51. The lowest BCUT2D eigenvalue weighted by Crippen LogP contribution is -2.28. The van der Waals surface area contributed by atoms with Crippen molar-refractivity contribution in [1.29, 1.82) is 0 Å². The third-order valence-corrected chi connectivity index (χ3v) is 5.52. The molecule has 0 bridgehead atoms. The lowest BCUT2D eigenvalue weighted by atomic mass is 10.3. The number of hydrogen-bond acceptors (Lipinski definition) is 4. The van der Waals surface area contributed by atoms with Crippen molar-refractivity contribution in [2.75, 3.05) is 18.5 Å². The molecule has 5 nitrogen and oxygen atoms in total. The second-order valence-electron chi connectivity index (χ2n) is 4.03. The summed E-state index contributed by atoms with van der Waals surface area (Å²) in [6.07, 6.45) is 2.13. The second-order valence-corrected chi connectivity index (χ2v) is 7.57. The maximum Gasteiger partial charge on any atom is 0.242 e. The van der Waals surface area contributed by atoms with Crippen molar-refractivity contribution < 1.29 is 12.6 Å². The Hall–Kier alpha value is -0.920. The van der Waals surface area contributed by atoms with Gasteiger partial charge in [-0.1, -0.05) is 19.1 Å². The number of sulfonamides is 1. The monoisotopic (exact) mass is 290 g/mol. The maximum absolute atomic E-state index is 11.9. The quantitative estimate of drug-likeness (QED) is 0.755. The molecule has 0 spiro atoms. The van der Waals surface area contributed by atoms with E-state index in [1.165, 1.54) is 12.1 Å². The van der Waals surface area contributed by atoms with Gasteiger partial charge in [0.15, 0.2) is 0 Å². The molecule has 2 atom stereocenters. The highest BCUT2D eigenvalue weighted by Gasteiger charge is 2.17. The van der Waals surface area contributed by atoms with Gasteiger partial charge in [-0.15, -0.1) is 0 Å². The van der Waals surface area contributed by atoms with Crippen LogP contribution in [-0.2, 0) is 20.8 Å². The Morgan fingerprint density at radius 3 is 2.56 bits per heavy atom. The molecule has 0 heterocycles. The van der Waals surface area contributed by atoms with Gasteiger partial charge in [-0.05, 0) is 18.6 Å². The van der Waals surface area contributed by atoms with E-state index in [4.69, 9.17) is 5.73 Å². The average Bonchev–Trinajstić information content (AvgIpc) is 2.28. The predicted molar refractivity (Wildman–Crippen MR) is 74.2 cm³/mol. The van der Waals surface area contributed by atoms with Crippen LogP contribution < -0.4 is 10.5 Å². The summed E-state index contributed by atoms with van der Waals surface area (Å²) in [4.78, 5) is 0.0790. The minimum Gasteiger partial charge on any atom is -0.398 e. The summed E-state index contributed by atoms with van der Waals surface area (Å²) in [5, 5.41) is -0.0409. The molecule has 3 N–H and O–H groups in total. The third kappa shape index (κ3) is 4.08. The fraction of sp³-hybridized carbons (Fsp3) is 0.455. The van der Waals surface area contributed by atoms with Crippen molar-refractivity contribution in [1.82, 2.24) is 4.72 Å². The number of benzene rings is 1. The van der Waals surface area contributed by atoms with Crippen molar-refractivity contribution in [2.45, 2.75) is 23.5 Å². The largest absolute Gasteiger partial charge is 0.398 e. The Morgan fingerprint density at radius 1 is 1.39 bits per heavy atom. The first-order valence-corrected chi connectivity index (χ1v) is 8.61. The Morgan fingerprint density at radius 2 is 2.00 bits per heavy atom. The van der Waals surface area contributed by atoms with Gasteiger partial charge in [0.2, 0.25) is 10.0 Å². The van der Waals surface area contributed by atoms with E-state index in [9.17, 15) is 12.6 Å². The number of para-hydroxylation sites is 1. The van der Waals surface area contributed by atoms with Gasteiger partial charge >= 0.3 is 0 Å². The molecule has 2 unspecified atom stereocenters. The zero-order valence-electron chi connectivity index (χ0n) is 10.4. The molecule has 18 heavy (non-hydrogen) atoms. The van der Waals surface area contributed by atoms with Crippen LogP contribution in [0.2, 0.25) is 0 Å². The molecule has 1 rings (SSSR count). The first kappa shape index (κ1) is 15.1. The van der Waals surface area contributed by atoms with Crippen molar-refractivity contribution in [3.63, 3.8) is 0 Å². The number of nitrogens with two attached hydrogens (primary N) is 1. The van der Waals surface area contributed by atoms with E-state index in [0.29, 0.717) is 6.42 Å². The first-order chi connectivity index (χ1) is 8.34. The highest BCUT2D eigenvalue weighted by atomic mass is 32.2. The second kappa shape index (κ2) is 6.31. The number of nitrogen functional groups attached to an aromatic ring is 1. The van der Waals surface area contributed by atoms with Gasteiger partial charge in [0.1, 0.15) is 4.90 Å². The van der Waals surface area contributed by atoms with Gasteiger partial charge in [-0.2, -0.15) is 0 Å². The molecule has 0 aromatic heterocycles. The molecule has 102 valence electrons. The van der Waals surface area contributed by atoms with Gasteiger partial charge in [0, 0.05) is 28.9 Å². The minimum absolute atomic E-state index is 0.0409. The molecule has 0 fully saturated rings. The summed E-state index contributed by atoms with van der Waals surface area (Å²) in [6, 6.07) is 6.29. The highest BCUT2D eigenvalue weighted by molar-refractivity contribution is 7.89. The molecule has 1 aromatic carbocycles. The zero-order chi connectivity index (χ0) is 13.8. The van der Waals surface area contributed by atoms with Gasteiger partial charge in [0.05, 0.1) is 5.69 Å². The van der Waals surface area contributed by atoms with Gasteiger partial charge in [-0.25, -0.2) is 13.1 Å². The van der Waals surface area contributed by atoms with E-state index in [1.807, 2.05) is 6.92 Å². The van der Waals surface area contributed by atoms with Crippen LogP contribution in [0.25, 0.3) is 0 Å². The summed E-state index contributed by atoms with van der Waals surface area (Å²) in [5.41, 5.74) is 5.84. The lowest BCUT2D eigenvalue weighted by molar-refractivity contribution is 0.578. The molecular weight excluding hydrogens is 272 g/mol. The van der Waals surface area contributed by atoms with Crippen LogP contribution in [0, 0.1) is 0 Å².